The molecular formula is C40H46O6. The molecular weight excluding hydrogens is 576 g/mol. The Kier molecular flexibility index (Phi) is 9.57. The van der Waals surface area contributed by atoms with Crippen molar-refractivity contribution in [2.45, 2.75) is 63.6 Å². The Balaban J connectivity index is 0.952. The molecule has 1 aliphatic carbocycles. The monoisotopic (exact) mass is 622 g/mol. The Bertz CT molecular complexity index is 1410. The number of hydrogen-bond donors (Lipinski definition) is 1. The van der Waals surface area contributed by atoms with Crippen LogP contribution < -0.4 is 18.9 Å². The van der Waals surface area contributed by atoms with Gasteiger partial charge in [-0.2, -0.15) is 0 Å². The van der Waals surface area contributed by atoms with Crippen LogP contribution >= 0.6 is 0 Å². The predicted octanol–water partition coefficient (Wildman–Crippen LogP) is 7.72. The molecule has 1 aliphatic heterocycles. The van der Waals surface area contributed by atoms with Crippen LogP contribution in [0, 0.1) is 5.92 Å². The van der Waals surface area contributed by atoms with E-state index in [0.717, 1.165) is 30.6 Å². The minimum absolute atomic E-state index is 0.140. The highest BCUT2D eigenvalue weighted by molar-refractivity contribution is 5.43. The second-order valence-electron chi connectivity index (χ2n) is 13.6. The SMILES string of the molecule is CC(C)(c1ccc(OCC(O)COc2ccc(C(C)(C)c3ccc(OCC4CO4)cc3)cc2)cc1)c1ccc(OCC2CC2)cc1. The minimum Gasteiger partial charge on any atom is -0.493 e. The molecule has 1 heterocycles. The van der Waals surface area contributed by atoms with E-state index in [9.17, 15) is 5.11 Å². The first-order valence-electron chi connectivity index (χ1n) is 16.4. The molecule has 2 atom stereocenters. The van der Waals surface area contributed by atoms with Crippen LogP contribution in [0.15, 0.2) is 97.1 Å². The minimum atomic E-state index is -0.764. The van der Waals surface area contributed by atoms with Gasteiger partial charge in [0.15, 0.2) is 0 Å². The Morgan fingerprint density at radius 2 is 0.891 bits per heavy atom. The van der Waals surface area contributed by atoms with E-state index < -0.39 is 6.10 Å². The van der Waals surface area contributed by atoms with E-state index in [1.807, 2.05) is 36.4 Å². The van der Waals surface area contributed by atoms with Gasteiger partial charge >= 0.3 is 0 Å². The fourth-order valence-electron chi connectivity index (χ4n) is 5.49. The zero-order chi connectivity index (χ0) is 32.1. The molecule has 0 amide bonds. The summed E-state index contributed by atoms with van der Waals surface area (Å²) in [6, 6.07) is 32.9. The van der Waals surface area contributed by atoms with Gasteiger partial charge < -0.3 is 28.8 Å². The van der Waals surface area contributed by atoms with Gasteiger partial charge in [-0.15, -0.1) is 0 Å². The topological polar surface area (TPSA) is 69.7 Å². The van der Waals surface area contributed by atoms with E-state index in [-0.39, 0.29) is 30.1 Å². The first kappa shape index (κ1) is 32.0. The van der Waals surface area contributed by atoms with Gasteiger partial charge in [0.25, 0.3) is 0 Å². The molecule has 2 aliphatic rings. The zero-order valence-corrected chi connectivity index (χ0v) is 27.4. The van der Waals surface area contributed by atoms with Crippen LogP contribution in [-0.2, 0) is 15.6 Å². The number of aliphatic hydroxyl groups is 1. The zero-order valence-electron chi connectivity index (χ0n) is 27.4. The lowest BCUT2D eigenvalue weighted by Crippen LogP contribution is -2.25. The molecule has 6 heteroatoms. The summed E-state index contributed by atoms with van der Waals surface area (Å²) in [5.74, 6) is 3.95. The molecule has 2 fully saturated rings. The summed E-state index contributed by atoms with van der Waals surface area (Å²) >= 11 is 0. The Morgan fingerprint density at radius 3 is 1.22 bits per heavy atom. The summed E-state index contributed by atoms with van der Waals surface area (Å²) < 4.78 is 28.7. The van der Waals surface area contributed by atoms with Crippen molar-refractivity contribution in [3.8, 4) is 23.0 Å². The molecule has 0 spiro atoms. The largest absolute Gasteiger partial charge is 0.493 e. The molecule has 1 saturated carbocycles. The number of rotatable bonds is 16. The van der Waals surface area contributed by atoms with Crippen LogP contribution in [0.5, 0.6) is 23.0 Å². The quantitative estimate of drug-likeness (QED) is 0.129. The molecule has 0 radical (unpaired) electrons. The second kappa shape index (κ2) is 13.8. The van der Waals surface area contributed by atoms with Crippen LogP contribution in [0.2, 0.25) is 0 Å². The van der Waals surface area contributed by atoms with Crippen molar-refractivity contribution < 1.29 is 28.8 Å². The van der Waals surface area contributed by atoms with Gasteiger partial charge in [0, 0.05) is 10.8 Å². The normalized spacial score (nSPS) is 16.8. The van der Waals surface area contributed by atoms with Crippen LogP contribution in [0.3, 0.4) is 0 Å². The van der Waals surface area contributed by atoms with Crippen LogP contribution in [-0.4, -0.2) is 50.3 Å². The predicted molar refractivity (Wildman–Crippen MR) is 180 cm³/mol. The molecule has 2 unspecified atom stereocenters. The van der Waals surface area contributed by atoms with Crippen LogP contribution in [0.25, 0.3) is 0 Å². The maximum absolute atomic E-state index is 10.5. The molecule has 6 rings (SSSR count). The van der Waals surface area contributed by atoms with E-state index in [0.29, 0.717) is 18.1 Å². The van der Waals surface area contributed by atoms with Gasteiger partial charge in [0.05, 0.1) is 13.2 Å². The lowest BCUT2D eigenvalue weighted by atomic mass is 9.78. The first-order chi connectivity index (χ1) is 22.2. The summed E-state index contributed by atoms with van der Waals surface area (Å²) in [6.45, 7) is 11.3. The highest BCUT2D eigenvalue weighted by Crippen LogP contribution is 2.35. The summed E-state index contributed by atoms with van der Waals surface area (Å²) in [7, 11) is 0. The molecule has 1 N–H and O–H groups in total. The summed E-state index contributed by atoms with van der Waals surface area (Å²) in [6.07, 6.45) is 2.06. The molecule has 0 bridgehead atoms. The van der Waals surface area contributed by atoms with E-state index in [4.69, 9.17) is 23.7 Å². The lowest BCUT2D eigenvalue weighted by Gasteiger charge is -2.27. The molecule has 242 valence electrons. The van der Waals surface area contributed by atoms with E-state index in [1.54, 1.807) is 0 Å². The second-order valence-corrected chi connectivity index (χ2v) is 13.6. The van der Waals surface area contributed by atoms with Crippen molar-refractivity contribution in [3.05, 3.63) is 119 Å². The lowest BCUT2D eigenvalue weighted by molar-refractivity contribution is 0.0626. The molecule has 0 aromatic heterocycles. The van der Waals surface area contributed by atoms with Gasteiger partial charge in [-0.1, -0.05) is 76.2 Å². The molecule has 4 aromatic carbocycles. The number of aliphatic hydroxyl groups excluding tert-OH is 1. The maximum atomic E-state index is 10.5. The van der Waals surface area contributed by atoms with Gasteiger partial charge in [-0.25, -0.2) is 0 Å². The standard InChI is InChI=1S/C40H46O6/c1-39(2,29-7-15-34(16-8-29)42-23-28-5-6-28)30-9-17-35(18-10-30)43-24-33(41)25-44-36-19-11-31(12-20-36)40(3,4)32-13-21-37(22-14-32)45-26-38-27-46-38/h7-22,28,33,38,41H,5-6,23-27H2,1-4H3. The Hall–Kier alpha value is -4.00. The van der Waals surface area contributed by atoms with E-state index in [2.05, 4.69) is 88.4 Å². The summed E-state index contributed by atoms with van der Waals surface area (Å²) in [5, 5.41) is 10.5. The van der Waals surface area contributed by atoms with Gasteiger partial charge in [-0.05, 0) is 89.5 Å². The maximum Gasteiger partial charge on any atom is 0.122 e. The van der Waals surface area contributed by atoms with E-state index in [1.165, 1.54) is 35.1 Å². The van der Waals surface area contributed by atoms with Crippen molar-refractivity contribution in [2.75, 3.05) is 33.0 Å². The number of benzene rings is 4. The number of hydrogen-bond acceptors (Lipinski definition) is 6. The summed E-state index contributed by atoms with van der Waals surface area (Å²) in [4.78, 5) is 0. The molecule has 46 heavy (non-hydrogen) atoms. The van der Waals surface area contributed by atoms with Crippen molar-refractivity contribution >= 4 is 0 Å². The molecule has 4 aromatic rings. The van der Waals surface area contributed by atoms with Crippen molar-refractivity contribution in [1.29, 1.82) is 0 Å². The Morgan fingerprint density at radius 1 is 0.565 bits per heavy atom. The fourth-order valence-corrected chi connectivity index (χ4v) is 5.49. The molecule has 6 nitrogen and oxygen atoms in total. The average molecular weight is 623 g/mol. The molecule has 1 saturated heterocycles. The third kappa shape index (κ3) is 8.23. The highest BCUT2D eigenvalue weighted by atomic mass is 16.6. The highest BCUT2D eigenvalue weighted by Gasteiger charge is 2.26. The number of epoxide rings is 1. The summed E-state index contributed by atoms with van der Waals surface area (Å²) in [5.41, 5.74) is 4.42. The number of ether oxygens (including phenoxy) is 5. The Labute approximate surface area is 273 Å². The van der Waals surface area contributed by atoms with Gasteiger partial charge in [0.2, 0.25) is 0 Å². The van der Waals surface area contributed by atoms with Crippen molar-refractivity contribution in [2.24, 2.45) is 5.92 Å². The average Bonchev–Trinajstić information content (AvgIpc) is 4.01. The fraction of sp³-hybridized carbons (Fsp3) is 0.400. The van der Waals surface area contributed by atoms with Gasteiger partial charge in [-0.3, -0.25) is 0 Å². The third-order valence-electron chi connectivity index (χ3n) is 9.21. The van der Waals surface area contributed by atoms with Gasteiger partial charge in [0.1, 0.15) is 55.0 Å². The van der Waals surface area contributed by atoms with Crippen molar-refractivity contribution in [3.63, 3.8) is 0 Å². The van der Waals surface area contributed by atoms with Crippen LogP contribution in [0.1, 0.15) is 62.8 Å². The van der Waals surface area contributed by atoms with Crippen LogP contribution in [0.4, 0.5) is 0 Å². The van der Waals surface area contributed by atoms with E-state index >= 15 is 0 Å². The van der Waals surface area contributed by atoms with Crippen molar-refractivity contribution in [1.82, 2.24) is 0 Å². The smallest absolute Gasteiger partial charge is 0.122 e. The third-order valence-corrected chi connectivity index (χ3v) is 9.21. The first-order valence-corrected chi connectivity index (χ1v) is 16.4.